The number of rotatable bonds is 6. The largest absolute Gasteiger partial charge is 0.294 e. The molecule has 0 radical (unpaired) electrons. The van der Waals surface area contributed by atoms with Crippen molar-refractivity contribution < 1.29 is 8.78 Å². The molecule has 2 aromatic rings. The highest BCUT2D eigenvalue weighted by molar-refractivity contribution is 9.09. The molecule has 0 unspecified atom stereocenters. The zero-order valence-corrected chi connectivity index (χ0v) is 12.6. The molecular weight excluding hydrogens is 324 g/mol. The molecular formula is C16H16BrF2N. The van der Waals surface area contributed by atoms with E-state index in [0.717, 1.165) is 24.0 Å². The average molecular weight is 340 g/mol. The maximum absolute atomic E-state index is 13.2. The fourth-order valence-corrected chi connectivity index (χ4v) is 2.57. The Labute approximate surface area is 126 Å². The molecule has 0 saturated heterocycles. The van der Waals surface area contributed by atoms with E-state index in [1.807, 2.05) is 18.2 Å². The maximum atomic E-state index is 13.2. The van der Waals surface area contributed by atoms with Crippen molar-refractivity contribution in [2.75, 3.05) is 11.9 Å². The molecule has 0 aliphatic rings. The molecule has 0 aromatic heterocycles. The SMILES string of the molecule is Fc1ccc(CN(CCBr)Cc2ccccc2)cc1F. The van der Waals surface area contributed by atoms with Crippen LogP contribution in [0, 0.1) is 11.6 Å². The Morgan fingerprint density at radius 1 is 0.850 bits per heavy atom. The number of benzene rings is 2. The van der Waals surface area contributed by atoms with Crippen molar-refractivity contribution in [3.63, 3.8) is 0 Å². The van der Waals surface area contributed by atoms with E-state index >= 15 is 0 Å². The maximum Gasteiger partial charge on any atom is 0.159 e. The van der Waals surface area contributed by atoms with Crippen molar-refractivity contribution >= 4 is 15.9 Å². The van der Waals surface area contributed by atoms with Crippen LogP contribution in [0.15, 0.2) is 48.5 Å². The number of hydrogen-bond donors (Lipinski definition) is 0. The van der Waals surface area contributed by atoms with Crippen LogP contribution in [0.1, 0.15) is 11.1 Å². The Bertz CT molecular complexity index is 545. The minimum absolute atomic E-state index is 0.595. The summed E-state index contributed by atoms with van der Waals surface area (Å²) in [5, 5.41) is 0.837. The van der Waals surface area contributed by atoms with Crippen LogP contribution >= 0.6 is 15.9 Å². The van der Waals surface area contributed by atoms with Gasteiger partial charge in [0.1, 0.15) is 0 Å². The molecule has 0 saturated carbocycles. The molecule has 20 heavy (non-hydrogen) atoms. The first kappa shape index (κ1) is 15.1. The molecule has 0 amide bonds. The fraction of sp³-hybridized carbons (Fsp3) is 0.250. The van der Waals surface area contributed by atoms with Crippen LogP contribution in [0.25, 0.3) is 0 Å². The fourth-order valence-electron chi connectivity index (χ4n) is 2.07. The molecule has 0 spiro atoms. The van der Waals surface area contributed by atoms with Gasteiger partial charge in [-0.3, -0.25) is 4.90 Å². The van der Waals surface area contributed by atoms with Crippen molar-refractivity contribution in [1.29, 1.82) is 0 Å². The first-order chi connectivity index (χ1) is 9.69. The Morgan fingerprint density at radius 3 is 2.20 bits per heavy atom. The predicted octanol–water partition coefficient (Wildman–Crippen LogP) is 4.36. The van der Waals surface area contributed by atoms with Crippen molar-refractivity contribution in [2.45, 2.75) is 13.1 Å². The van der Waals surface area contributed by atoms with E-state index in [4.69, 9.17) is 0 Å². The van der Waals surface area contributed by atoms with Crippen LogP contribution in [-0.4, -0.2) is 16.8 Å². The lowest BCUT2D eigenvalue weighted by Gasteiger charge is -2.21. The lowest BCUT2D eigenvalue weighted by molar-refractivity contribution is 0.274. The number of nitrogens with zero attached hydrogens (tertiary/aromatic N) is 1. The van der Waals surface area contributed by atoms with E-state index in [9.17, 15) is 8.78 Å². The molecule has 0 fully saturated rings. The van der Waals surface area contributed by atoms with Crippen molar-refractivity contribution in [3.05, 3.63) is 71.3 Å². The van der Waals surface area contributed by atoms with Crippen LogP contribution in [0.2, 0.25) is 0 Å². The molecule has 0 atom stereocenters. The summed E-state index contributed by atoms with van der Waals surface area (Å²) in [5.41, 5.74) is 1.98. The first-order valence-electron chi connectivity index (χ1n) is 6.45. The smallest absolute Gasteiger partial charge is 0.159 e. The zero-order chi connectivity index (χ0) is 14.4. The summed E-state index contributed by atoms with van der Waals surface area (Å²) in [4.78, 5) is 2.19. The average Bonchev–Trinajstić information content (AvgIpc) is 2.44. The molecule has 0 heterocycles. The standard InChI is InChI=1S/C16H16BrF2N/c17-8-9-20(11-13-4-2-1-3-5-13)12-14-6-7-15(18)16(19)10-14/h1-7,10H,8-9,11-12H2. The third-order valence-corrected chi connectivity index (χ3v) is 3.39. The summed E-state index contributed by atoms with van der Waals surface area (Å²) in [6.07, 6.45) is 0. The highest BCUT2D eigenvalue weighted by Crippen LogP contribution is 2.13. The molecule has 0 aliphatic carbocycles. The second-order valence-corrected chi connectivity index (χ2v) is 5.43. The molecule has 0 aliphatic heterocycles. The Balaban J connectivity index is 2.06. The van der Waals surface area contributed by atoms with Gasteiger partial charge in [-0.25, -0.2) is 8.78 Å². The van der Waals surface area contributed by atoms with Crippen LogP contribution in [0.3, 0.4) is 0 Å². The lowest BCUT2D eigenvalue weighted by atomic mass is 10.1. The van der Waals surface area contributed by atoms with Crippen LogP contribution < -0.4 is 0 Å². The molecule has 106 valence electrons. The van der Waals surface area contributed by atoms with Gasteiger partial charge in [0.15, 0.2) is 11.6 Å². The monoisotopic (exact) mass is 339 g/mol. The van der Waals surface area contributed by atoms with Crippen molar-refractivity contribution in [3.8, 4) is 0 Å². The predicted molar refractivity (Wildman–Crippen MR) is 80.7 cm³/mol. The van der Waals surface area contributed by atoms with E-state index in [-0.39, 0.29) is 0 Å². The third kappa shape index (κ3) is 4.39. The van der Waals surface area contributed by atoms with Gasteiger partial charge in [-0.15, -0.1) is 0 Å². The van der Waals surface area contributed by atoms with Crippen molar-refractivity contribution in [1.82, 2.24) is 4.90 Å². The van der Waals surface area contributed by atoms with Gasteiger partial charge in [0.2, 0.25) is 0 Å². The second-order valence-electron chi connectivity index (χ2n) is 4.63. The van der Waals surface area contributed by atoms with Gasteiger partial charge in [0.25, 0.3) is 0 Å². The van der Waals surface area contributed by atoms with Gasteiger partial charge in [0, 0.05) is 25.0 Å². The molecule has 1 nitrogen and oxygen atoms in total. The van der Waals surface area contributed by atoms with E-state index in [1.165, 1.54) is 17.7 Å². The Hall–Kier alpha value is -1.26. The van der Waals surface area contributed by atoms with Gasteiger partial charge in [0.05, 0.1) is 0 Å². The second kappa shape index (κ2) is 7.50. The summed E-state index contributed by atoms with van der Waals surface area (Å²) in [7, 11) is 0. The van der Waals surface area contributed by atoms with Gasteiger partial charge in [-0.2, -0.15) is 0 Å². The highest BCUT2D eigenvalue weighted by atomic mass is 79.9. The highest BCUT2D eigenvalue weighted by Gasteiger charge is 2.09. The van der Waals surface area contributed by atoms with Gasteiger partial charge < -0.3 is 0 Å². The molecule has 2 rings (SSSR count). The summed E-state index contributed by atoms with van der Waals surface area (Å²) in [6.45, 7) is 2.22. The summed E-state index contributed by atoms with van der Waals surface area (Å²) in [5.74, 6) is -1.59. The first-order valence-corrected chi connectivity index (χ1v) is 7.57. The minimum Gasteiger partial charge on any atom is -0.294 e. The number of halogens is 3. The van der Waals surface area contributed by atoms with E-state index in [0.29, 0.717) is 6.54 Å². The van der Waals surface area contributed by atoms with Crippen molar-refractivity contribution in [2.24, 2.45) is 0 Å². The molecule has 0 N–H and O–H groups in total. The summed E-state index contributed by atoms with van der Waals surface area (Å²) < 4.78 is 26.2. The van der Waals surface area contributed by atoms with E-state index < -0.39 is 11.6 Å². The Morgan fingerprint density at radius 2 is 1.55 bits per heavy atom. The molecule has 2 aromatic carbocycles. The molecule has 4 heteroatoms. The minimum atomic E-state index is -0.802. The summed E-state index contributed by atoms with van der Waals surface area (Å²) in [6, 6.07) is 14.2. The zero-order valence-electron chi connectivity index (χ0n) is 11.0. The molecule has 0 bridgehead atoms. The van der Waals surface area contributed by atoms with E-state index in [1.54, 1.807) is 6.07 Å². The lowest BCUT2D eigenvalue weighted by Crippen LogP contribution is -2.24. The normalized spacial score (nSPS) is 11.0. The summed E-state index contributed by atoms with van der Waals surface area (Å²) >= 11 is 3.43. The van der Waals surface area contributed by atoms with Gasteiger partial charge in [-0.05, 0) is 23.3 Å². The quantitative estimate of drug-likeness (QED) is 0.706. The third-order valence-electron chi connectivity index (χ3n) is 3.04. The van der Waals surface area contributed by atoms with Gasteiger partial charge in [-0.1, -0.05) is 52.3 Å². The van der Waals surface area contributed by atoms with Crippen LogP contribution in [-0.2, 0) is 13.1 Å². The van der Waals surface area contributed by atoms with Gasteiger partial charge >= 0.3 is 0 Å². The number of hydrogen-bond acceptors (Lipinski definition) is 1. The van der Waals surface area contributed by atoms with Crippen LogP contribution in [0.5, 0.6) is 0 Å². The topological polar surface area (TPSA) is 3.24 Å². The Kier molecular flexibility index (Phi) is 5.68. The van der Waals surface area contributed by atoms with E-state index in [2.05, 4.69) is 33.0 Å². The number of alkyl halides is 1. The van der Waals surface area contributed by atoms with Crippen LogP contribution in [0.4, 0.5) is 8.78 Å².